The van der Waals surface area contributed by atoms with Gasteiger partial charge in [-0.25, -0.2) is 0 Å². The van der Waals surface area contributed by atoms with E-state index < -0.39 is 0 Å². The van der Waals surface area contributed by atoms with Gasteiger partial charge in [-0.2, -0.15) is 0 Å². The van der Waals surface area contributed by atoms with Gasteiger partial charge in [0.2, 0.25) is 0 Å². The number of rotatable bonds is 6. The summed E-state index contributed by atoms with van der Waals surface area (Å²) in [5, 5.41) is 3.04. The van der Waals surface area contributed by atoms with Crippen LogP contribution in [0.3, 0.4) is 0 Å². The van der Waals surface area contributed by atoms with Gasteiger partial charge >= 0.3 is 0 Å². The van der Waals surface area contributed by atoms with E-state index in [2.05, 4.69) is 55.0 Å². The van der Waals surface area contributed by atoms with E-state index in [0.717, 1.165) is 18.7 Å². The Morgan fingerprint density at radius 1 is 1.12 bits per heavy atom. The van der Waals surface area contributed by atoms with Gasteiger partial charge in [0.15, 0.2) is 6.54 Å². The molecule has 3 rings (SSSR count). The van der Waals surface area contributed by atoms with E-state index >= 15 is 0 Å². The summed E-state index contributed by atoms with van der Waals surface area (Å²) in [5.74, 6) is 0.0752. The molecule has 0 saturated heterocycles. The number of aryl methyl sites for hydroxylation is 2. The molecule has 2 aromatic rings. The topological polar surface area (TPSA) is 33.5 Å². The Balaban J connectivity index is 1.52. The minimum atomic E-state index is 0.0752. The summed E-state index contributed by atoms with van der Waals surface area (Å²) in [7, 11) is 2.06. The second-order valence-corrected chi connectivity index (χ2v) is 7.42. The number of anilines is 1. The van der Waals surface area contributed by atoms with Crippen molar-refractivity contribution in [2.24, 2.45) is 0 Å². The van der Waals surface area contributed by atoms with E-state index in [4.69, 9.17) is 0 Å². The Bertz CT molecular complexity index is 712. The number of carbonyl (C=O) groups is 1. The number of quaternary nitrogens is 1. The molecule has 1 amide bonds. The molecule has 0 aromatic heterocycles. The van der Waals surface area contributed by atoms with Crippen LogP contribution in [0.4, 0.5) is 5.69 Å². The van der Waals surface area contributed by atoms with Gasteiger partial charge in [-0.1, -0.05) is 18.2 Å². The lowest BCUT2D eigenvalue weighted by molar-refractivity contribution is -0.885. The van der Waals surface area contributed by atoms with Gasteiger partial charge < -0.3 is 10.2 Å². The van der Waals surface area contributed by atoms with Crippen LogP contribution in [-0.2, 0) is 24.2 Å². The molecular formula is C20H25N2OS+. The first kappa shape index (κ1) is 17.1. The first-order chi connectivity index (χ1) is 11.6. The second-order valence-electron chi connectivity index (χ2n) is 6.54. The van der Waals surface area contributed by atoms with Crippen LogP contribution in [0.1, 0.15) is 23.1 Å². The molecule has 1 aliphatic rings. The molecule has 0 heterocycles. The van der Waals surface area contributed by atoms with Crippen molar-refractivity contribution in [2.75, 3.05) is 25.2 Å². The van der Waals surface area contributed by atoms with Gasteiger partial charge in [0.1, 0.15) is 6.54 Å². The van der Waals surface area contributed by atoms with Crippen LogP contribution in [0.2, 0.25) is 0 Å². The van der Waals surface area contributed by atoms with Crippen LogP contribution < -0.4 is 10.2 Å². The van der Waals surface area contributed by atoms with Crippen LogP contribution in [-0.4, -0.2) is 25.8 Å². The zero-order valence-electron chi connectivity index (χ0n) is 14.4. The average molecular weight is 342 g/mol. The summed E-state index contributed by atoms with van der Waals surface area (Å²) in [6.07, 6.45) is 5.62. The molecule has 1 aliphatic carbocycles. The number of nitrogens with one attached hydrogen (secondary N) is 2. The highest BCUT2D eigenvalue weighted by Gasteiger charge is 2.14. The molecule has 0 aliphatic heterocycles. The Hall–Kier alpha value is -1.78. The van der Waals surface area contributed by atoms with Gasteiger partial charge in [0, 0.05) is 16.1 Å². The lowest BCUT2D eigenvalue weighted by atomic mass is 10.1. The number of hydrogen-bond donors (Lipinski definition) is 2. The quantitative estimate of drug-likeness (QED) is 0.792. The SMILES string of the molecule is CSc1ccc(C[NH+](C)CC(=O)Nc2ccc3c(c2)CCC3)cc1. The molecule has 24 heavy (non-hydrogen) atoms. The third-order valence-corrected chi connectivity index (χ3v) is 5.25. The first-order valence-electron chi connectivity index (χ1n) is 8.50. The minimum absolute atomic E-state index is 0.0752. The van der Waals surface area contributed by atoms with Crippen LogP contribution in [0.15, 0.2) is 47.4 Å². The molecule has 0 spiro atoms. The molecule has 3 nitrogen and oxygen atoms in total. The van der Waals surface area contributed by atoms with Crippen molar-refractivity contribution in [1.29, 1.82) is 0 Å². The van der Waals surface area contributed by atoms with Crippen molar-refractivity contribution in [3.05, 3.63) is 59.2 Å². The van der Waals surface area contributed by atoms with E-state index in [9.17, 15) is 4.79 Å². The van der Waals surface area contributed by atoms with Crippen LogP contribution in [0.5, 0.6) is 0 Å². The molecular weight excluding hydrogens is 316 g/mol. The summed E-state index contributed by atoms with van der Waals surface area (Å²) in [5.41, 5.74) is 5.01. The standard InChI is InChI=1S/C20H24N2OS/c1-22(13-15-6-10-19(24-2)11-7-15)14-20(23)21-18-9-8-16-4-3-5-17(16)12-18/h6-12H,3-5,13-14H2,1-2H3,(H,21,23)/p+1. The average Bonchev–Trinajstić information content (AvgIpc) is 3.03. The Morgan fingerprint density at radius 3 is 2.62 bits per heavy atom. The Kier molecular flexibility index (Phi) is 5.59. The summed E-state index contributed by atoms with van der Waals surface area (Å²) in [6.45, 7) is 1.33. The van der Waals surface area contributed by atoms with Crippen molar-refractivity contribution >= 4 is 23.4 Å². The Labute approximate surface area is 148 Å². The van der Waals surface area contributed by atoms with E-state index in [1.807, 2.05) is 6.07 Å². The fourth-order valence-electron chi connectivity index (χ4n) is 3.28. The first-order valence-corrected chi connectivity index (χ1v) is 9.72. The maximum atomic E-state index is 12.3. The number of likely N-dealkylation sites (N-methyl/N-ethyl adjacent to an activating group) is 1. The zero-order valence-corrected chi connectivity index (χ0v) is 15.2. The molecule has 0 saturated carbocycles. The molecule has 126 valence electrons. The van der Waals surface area contributed by atoms with E-state index in [0.29, 0.717) is 6.54 Å². The van der Waals surface area contributed by atoms with Crippen molar-refractivity contribution in [3.8, 4) is 0 Å². The predicted molar refractivity (Wildman–Crippen MR) is 101 cm³/mol. The van der Waals surface area contributed by atoms with Crippen molar-refractivity contribution in [2.45, 2.75) is 30.7 Å². The van der Waals surface area contributed by atoms with Crippen LogP contribution in [0, 0.1) is 0 Å². The number of benzene rings is 2. The van der Waals surface area contributed by atoms with E-state index in [1.54, 1.807) is 11.8 Å². The maximum Gasteiger partial charge on any atom is 0.279 e. The fraction of sp³-hybridized carbons (Fsp3) is 0.350. The lowest BCUT2D eigenvalue weighted by Gasteiger charge is -2.14. The van der Waals surface area contributed by atoms with Crippen molar-refractivity contribution < 1.29 is 9.69 Å². The Morgan fingerprint density at radius 2 is 1.88 bits per heavy atom. The second kappa shape index (κ2) is 7.86. The van der Waals surface area contributed by atoms with Crippen LogP contribution in [0.25, 0.3) is 0 Å². The summed E-state index contributed by atoms with van der Waals surface area (Å²) in [4.78, 5) is 14.7. The summed E-state index contributed by atoms with van der Waals surface area (Å²) in [6, 6.07) is 14.9. The normalized spacial score (nSPS) is 14.2. The van der Waals surface area contributed by atoms with Crippen molar-refractivity contribution in [3.63, 3.8) is 0 Å². The van der Waals surface area contributed by atoms with Gasteiger partial charge in [-0.15, -0.1) is 11.8 Å². The smallest absolute Gasteiger partial charge is 0.279 e. The third-order valence-electron chi connectivity index (χ3n) is 4.51. The lowest BCUT2D eigenvalue weighted by Crippen LogP contribution is -3.08. The number of amides is 1. The number of fused-ring (bicyclic) bond motifs is 1. The molecule has 0 bridgehead atoms. The minimum Gasteiger partial charge on any atom is -0.326 e. The molecule has 0 fully saturated rings. The van der Waals surface area contributed by atoms with Gasteiger partial charge in [0.25, 0.3) is 5.91 Å². The molecule has 1 unspecified atom stereocenters. The van der Waals surface area contributed by atoms with Gasteiger partial charge in [0.05, 0.1) is 7.05 Å². The summed E-state index contributed by atoms with van der Waals surface area (Å²) >= 11 is 1.75. The number of thioether (sulfide) groups is 1. The van der Waals surface area contributed by atoms with Crippen LogP contribution >= 0.6 is 11.8 Å². The van der Waals surface area contributed by atoms with E-state index in [-0.39, 0.29) is 5.91 Å². The molecule has 2 aromatic carbocycles. The number of carbonyl (C=O) groups excluding carboxylic acids is 1. The zero-order chi connectivity index (χ0) is 16.9. The third kappa shape index (κ3) is 4.40. The fourth-order valence-corrected chi connectivity index (χ4v) is 3.69. The highest BCUT2D eigenvalue weighted by molar-refractivity contribution is 7.98. The summed E-state index contributed by atoms with van der Waals surface area (Å²) < 4.78 is 0. The largest absolute Gasteiger partial charge is 0.326 e. The highest BCUT2D eigenvalue weighted by atomic mass is 32.2. The number of hydrogen-bond acceptors (Lipinski definition) is 2. The van der Waals surface area contributed by atoms with Gasteiger partial charge in [-0.3, -0.25) is 4.79 Å². The molecule has 0 radical (unpaired) electrons. The van der Waals surface area contributed by atoms with E-state index in [1.165, 1.54) is 39.3 Å². The monoisotopic (exact) mass is 341 g/mol. The molecule has 1 atom stereocenters. The predicted octanol–water partition coefficient (Wildman–Crippen LogP) is 2.55. The highest BCUT2D eigenvalue weighted by Crippen LogP contribution is 2.24. The maximum absolute atomic E-state index is 12.3. The van der Waals surface area contributed by atoms with Crippen molar-refractivity contribution in [1.82, 2.24) is 0 Å². The molecule has 2 N–H and O–H groups in total. The van der Waals surface area contributed by atoms with Gasteiger partial charge in [-0.05, 0) is 60.9 Å². The molecule has 4 heteroatoms.